The van der Waals surface area contributed by atoms with Crippen LogP contribution in [0.5, 0.6) is 0 Å². The number of hydrogen-bond donors (Lipinski definition) is 1. The van der Waals surface area contributed by atoms with Crippen LogP contribution in [0.1, 0.15) is 26.2 Å². The summed E-state index contributed by atoms with van der Waals surface area (Å²) < 4.78 is 0. The predicted molar refractivity (Wildman–Crippen MR) is 47.9 cm³/mol. The van der Waals surface area contributed by atoms with Gasteiger partial charge in [-0.3, -0.25) is 4.79 Å². The van der Waals surface area contributed by atoms with Crippen molar-refractivity contribution in [3.8, 4) is 0 Å². The van der Waals surface area contributed by atoms with Crippen molar-refractivity contribution in [2.24, 2.45) is 5.92 Å². The van der Waals surface area contributed by atoms with Gasteiger partial charge in [-0.25, -0.2) is 0 Å². The molecule has 0 amide bonds. The predicted octanol–water partition coefficient (Wildman–Crippen LogP) is 2.37. The molecule has 0 bridgehead atoms. The number of carboxylic acid groups (broad SMARTS) is 1. The number of aliphatic carboxylic acids is 1. The molecule has 0 aromatic heterocycles. The van der Waals surface area contributed by atoms with Gasteiger partial charge >= 0.3 is 5.97 Å². The van der Waals surface area contributed by atoms with Crippen molar-refractivity contribution < 1.29 is 9.90 Å². The highest BCUT2D eigenvalue weighted by molar-refractivity contribution is 5.73. The highest BCUT2D eigenvalue weighted by Crippen LogP contribution is 2.22. The molecule has 1 unspecified atom stereocenters. The number of carboxylic acids is 1. The van der Waals surface area contributed by atoms with Crippen molar-refractivity contribution >= 4 is 5.97 Å². The Morgan fingerprint density at radius 1 is 1.67 bits per heavy atom. The molecule has 1 rings (SSSR count). The molecule has 0 saturated heterocycles. The SMILES string of the molecule is CCC(C(=O)O)C1=CCC=CC1. The minimum Gasteiger partial charge on any atom is -0.481 e. The molecule has 0 fully saturated rings. The normalized spacial score (nSPS) is 18.6. The topological polar surface area (TPSA) is 37.3 Å². The summed E-state index contributed by atoms with van der Waals surface area (Å²) in [5.74, 6) is -0.964. The number of carbonyl (C=O) groups is 1. The van der Waals surface area contributed by atoms with Crippen molar-refractivity contribution in [1.82, 2.24) is 0 Å². The quantitative estimate of drug-likeness (QED) is 0.653. The summed E-state index contributed by atoms with van der Waals surface area (Å²) in [6, 6.07) is 0. The van der Waals surface area contributed by atoms with Gasteiger partial charge in [-0.2, -0.15) is 0 Å². The van der Waals surface area contributed by atoms with Crippen LogP contribution in [0.25, 0.3) is 0 Å². The molecule has 0 aromatic rings. The smallest absolute Gasteiger partial charge is 0.310 e. The Kier molecular flexibility index (Phi) is 3.09. The third kappa shape index (κ3) is 1.97. The van der Waals surface area contributed by atoms with E-state index in [-0.39, 0.29) is 5.92 Å². The van der Waals surface area contributed by atoms with Gasteiger partial charge in [-0.15, -0.1) is 0 Å². The maximum absolute atomic E-state index is 10.8. The lowest BCUT2D eigenvalue weighted by Crippen LogP contribution is -2.15. The molecule has 0 spiro atoms. The average molecular weight is 166 g/mol. The molecule has 1 atom stereocenters. The first-order chi connectivity index (χ1) is 5.75. The lowest BCUT2D eigenvalue weighted by Gasteiger charge is -2.15. The van der Waals surface area contributed by atoms with Crippen LogP contribution in [0, 0.1) is 5.92 Å². The molecule has 1 aliphatic carbocycles. The van der Waals surface area contributed by atoms with E-state index in [4.69, 9.17) is 5.11 Å². The number of allylic oxidation sites excluding steroid dienone is 3. The molecular weight excluding hydrogens is 152 g/mol. The van der Waals surface area contributed by atoms with E-state index in [0.717, 1.165) is 18.4 Å². The van der Waals surface area contributed by atoms with Gasteiger partial charge in [0.2, 0.25) is 0 Å². The molecule has 12 heavy (non-hydrogen) atoms. The first kappa shape index (κ1) is 9.04. The van der Waals surface area contributed by atoms with E-state index in [1.165, 1.54) is 0 Å². The van der Waals surface area contributed by atoms with Crippen LogP contribution in [0.3, 0.4) is 0 Å². The van der Waals surface area contributed by atoms with E-state index in [0.29, 0.717) is 6.42 Å². The van der Waals surface area contributed by atoms with Gasteiger partial charge in [0.25, 0.3) is 0 Å². The van der Waals surface area contributed by atoms with Crippen LogP contribution in [0.4, 0.5) is 0 Å². The standard InChI is InChI=1S/C10H14O2/c1-2-9(10(11)12)8-6-4-3-5-7-8/h3-4,7,9H,2,5-6H2,1H3,(H,11,12). The minimum atomic E-state index is -0.695. The summed E-state index contributed by atoms with van der Waals surface area (Å²) in [4.78, 5) is 10.8. The van der Waals surface area contributed by atoms with Gasteiger partial charge in [0.15, 0.2) is 0 Å². The van der Waals surface area contributed by atoms with E-state index in [1.54, 1.807) is 0 Å². The Morgan fingerprint density at radius 3 is 2.83 bits per heavy atom. The summed E-state index contributed by atoms with van der Waals surface area (Å²) in [5.41, 5.74) is 1.06. The van der Waals surface area contributed by atoms with E-state index in [9.17, 15) is 4.79 Å². The molecule has 0 radical (unpaired) electrons. The van der Waals surface area contributed by atoms with Crippen LogP contribution in [0.15, 0.2) is 23.8 Å². The molecule has 2 nitrogen and oxygen atoms in total. The van der Waals surface area contributed by atoms with Gasteiger partial charge in [-0.1, -0.05) is 30.7 Å². The van der Waals surface area contributed by atoms with Crippen molar-refractivity contribution in [2.45, 2.75) is 26.2 Å². The highest BCUT2D eigenvalue weighted by atomic mass is 16.4. The monoisotopic (exact) mass is 166 g/mol. The van der Waals surface area contributed by atoms with Crippen LogP contribution in [-0.4, -0.2) is 11.1 Å². The first-order valence-electron chi connectivity index (χ1n) is 4.32. The van der Waals surface area contributed by atoms with Gasteiger partial charge in [0.1, 0.15) is 0 Å². The zero-order valence-corrected chi connectivity index (χ0v) is 7.29. The van der Waals surface area contributed by atoms with Gasteiger partial charge in [0.05, 0.1) is 5.92 Å². The van der Waals surface area contributed by atoms with E-state index >= 15 is 0 Å². The lowest BCUT2D eigenvalue weighted by atomic mass is 9.91. The zero-order valence-electron chi connectivity index (χ0n) is 7.29. The molecule has 1 aliphatic rings. The molecular formula is C10H14O2. The summed E-state index contributed by atoms with van der Waals surface area (Å²) >= 11 is 0. The highest BCUT2D eigenvalue weighted by Gasteiger charge is 2.19. The fraction of sp³-hybridized carbons (Fsp3) is 0.500. The molecule has 0 aliphatic heterocycles. The van der Waals surface area contributed by atoms with Crippen molar-refractivity contribution in [3.63, 3.8) is 0 Å². The summed E-state index contributed by atoms with van der Waals surface area (Å²) in [6.07, 6.45) is 8.53. The van der Waals surface area contributed by atoms with E-state index < -0.39 is 5.97 Å². The van der Waals surface area contributed by atoms with Crippen LogP contribution < -0.4 is 0 Å². The molecule has 0 aromatic carbocycles. The molecule has 1 N–H and O–H groups in total. The largest absolute Gasteiger partial charge is 0.481 e. The molecule has 2 heteroatoms. The second kappa shape index (κ2) is 4.10. The summed E-state index contributed by atoms with van der Waals surface area (Å²) in [7, 11) is 0. The lowest BCUT2D eigenvalue weighted by molar-refractivity contribution is -0.140. The van der Waals surface area contributed by atoms with Gasteiger partial charge in [-0.05, 0) is 19.3 Å². The van der Waals surface area contributed by atoms with Crippen molar-refractivity contribution in [2.75, 3.05) is 0 Å². The van der Waals surface area contributed by atoms with Crippen LogP contribution in [0.2, 0.25) is 0 Å². The second-order valence-corrected chi connectivity index (χ2v) is 2.99. The first-order valence-corrected chi connectivity index (χ1v) is 4.32. The molecule has 0 saturated carbocycles. The molecule has 66 valence electrons. The Bertz CT molecular complexity index is 226. The average Bonchev–Trinajstić information content (AvgIpc) is 2.07. The van der Waals surface area contributed by atoms with E-state index in [2.05, 4.69) is 6.08 Å². The maximum atomic E-state index is 10.8. The summed E-state index contributed by atoms with van der Waals surface area (Å²) in [5, 5.41) is 8.86. The zero-order chi connectivity index (χ0) is 8.97. The second-order valence-electron chi connectivity index (χ2n) is 2.99. The third-order valence-corrected chi connectivity index (χ3v) is 2.19. The Morgan fingerprint density at radius 2 is 2.42 bits per heavy atom. The van der Waals surface area contributed by atoms with Gasteiger partial charge in [0, 0.05) is 0 Å². The number of hydrogen-bond acceptors (Lipinski definition) is 1. The van der Waals surface area contributed by atoms with Crippen LogP contribution in [-0.2, 0) is 4.79 Å². The maximum Gasteiger partial charge on any atom is 0.310 e. The molecule has 0 heterocycles. The minimum absolute atomic E-state index is 0.269. The van der Waals surface area contributed by atoms with Crippen molar-refractivity contribution in [1.29, 1.82) is 0 Å². The van der Waals surface area contributed by atoms with E-state index in [1.807, 2.05) is 19.1 Å². The third-order valence-electron chi connectivity index (χ3n) is 2.19. The number of rotatable bonds is 3. The Hall–Kier alpha value is -1.05. The van der Waals surface area contributed by atoms with Crippen molar-refractivity contribution in [3.05, 3.63) is 23.8 Å². The summed E-state index contributed by atoms with van der Waals surface area (Å²) in [6.45, 7) is 1.91. The van der Waals surface area contributed by atoms with Crippen LogP contribution >= 0.6 is 0 Å². The fourth-order valence-electron chi connectivity index (χ4n) is 1.50. The Balaban J connectivity index is 2.65. The fourth-order valence-corrected chi connectivity index (χ4v) is 1.50. The Labute approximate surface area is 72.6 Å². The van der Waals surface area contributed by atoms with Gasteiger partial charge < -0.3 is 5.11 Å².